The molecule has 18 heavy (non-hydrogen) atoms. The third-order valence-electron chi connectivity index (χ3n) is 2.52. The molecular weight excluding hydrogens is 228 g/mol. The van der Waals surface area contributed by atoms with Gasteiger partial charge in [-0.05, 0) is 18.8 Å². The predicted octanol–water partition coefficient (Wildman–Crippen LogP) is 4.18. The van der Waals surface area contributed by atoms with Crippen LogP contribution in [-0.4, -0.2) is 24.8 Å². The fourth-order valence-corrected chi connectivity index (χ4v) is 1.19. The van der Waals surface area contributed by atoms with E-state index in [2.05, 4.69) is 18.6 Å². The Labute approximate surface area is 114 Å². The van der Waals surface area contributed by atoms with Gasteiger partial charge >= 0.3 is 5.97 Å². The van der Waals surface area contributed by atoms with Crippen LogP contribution in [0.3, 0.4) is 0 Å². The number of methoxy groups -OCH3 is 1. The molecule has 112 valence electrons. The Morgan fingerprint density at radius 2 is 1.50 bits per heavy atom. The molecule has 0 saturated heterocycles. The molecule has 0 unspecified atom stereocenters. The molecule has 0 radical (unpaired) electrons. The van der Waals surface area contributed by atoms with Crippen molar-refractivity contribution in [2.24, 2.45) is 5.92 Å². The van der Waals surface area contributed by atoms with Gasteiger partial charge in [-0.1, -0.05) is 53.4 Å². The SMILES string of the molecule is CC.CCCC.COC(C)=O.OCC1CCCC1. The predicted molar refractivity (Wildman–Crippen MR) is 78.7 cm³/mol. The third-order valence-corrected chi connectivity index (χ3v) is 2.52. The van der Waals surface area contributed by atoms with Gasteiger partial charge in [0.15, 0.2) is 0 Å². The van der Waals surface area contributed by atoms with E-state index in [1.807, 2.05) is 13.8 Å². The number of unbranched alkanes of at least 4 members (excludes halogenated alkanes) is 1. The van der Waals surface area contributed by atoms with Crippen LogP contribution in [0, 0.1) is 5.92 Å². The van der Waals surface area contributed by atoms with Gasteiger partial charge in [0.2, 0.25) is 0 Å². The maximum Gasteiger partial charge on any atom is 0.302 e. The number of esters is 1. The van der Waals surface area contributed by atoms with Crippen molar-refractivity contribution < 1.29 is 14.6 Å². The number of carbonyl (C=O) groups is 1. The highest BCUT2D eigenvalue weighted by Crippen LogP contribution is 2.23. The van der Waals surface area contributed by atoms with Gasteiger partial charge in [0.05, 0.1) is 7.11 Å². The Hall–Kier alpha value is -0.570. The van der Waals surface area contributed by atoms with Crippen LogP contribution < -0.4 is 0 Å². The maximum absolute atomic E-state index is 9.59. The number of rotatable bonds is 2. The third kappa shape index (κ3) is 24.6. The molecule has 0 aromatic carbocycles. The van der Waals surface area contributed by atoms with E-state index in [-0.39, 0.29) is 5.97 Å². The van der Waals surface area contributed by atoms with Crippen molar-refractivity contribution in [2.45, 2.75) is 73.1 Å². The monoisotopic (exact) mass is 262 g/mol. The zero-order chi connectivity index (χ0) is 14.8. The fraction of sp³-hybridized carbons (Fsp3) is 0.933. The van der Waals surface area contributed by atoms with E-state index in [0.29, 0.717) is 12.5 Å². The Balaban J connectivity index is -0.000000183. The second-order valence-electron chi connectivity index (χ2n) is 4.03. The average molecular weight is 262 g/mol. The lowest BCUT2D eigenvalue weighted by Crippen LogP contribution is -1.97. The molecule has 0 heterocycles. The number of aliphatic hydroxyl groups excluding tert-OH is 1. The van der Waals surface area contributed by atoms with Crippen LogP contribution in [0.5, 0.6) is 0 Å². The van der Waals surface area contributed by atoms with Crippen LogP contribution in [0.25, 0.3) is 0 Å². The Bertz CT molecular complexity index is 139. The van der Waals surface area contributed by atoms with Gasteiger partial charge in [-0.3, -0.25) is 4.79 Å². The molecule has 0 aromatic rings. The topological polar surface area (TPSA) is 46.5 Å². The standard InChI is InChI=1S/C6H12O.C4H10.C3H6O2.C2H6/c7-5-6-3-1-2-4-6;1-3-4-2;1-3(4)5-2;1-2/h6-7H,1-5H2;3-4H2,1-2H3;1-2H3;1-2H3. The molecule has 3 heteroatoms. The van der Waals surface area contributed by atoms with E-state index in [1.165, 1.54) is 52.6 Å². The van der Waals surface area contributed by atoms with E-state index < -0.39 is 0 Å². The first kappa shape index (κ1) is 22.6. The number of ether oxygens (including phenoxy) is 1. The molecule has 0 bridgehead atoms. The summed E-state index contributed by atoms with van der Waals surface area (Å²) in [5.41, 5.74) is 0. The molecule has 1 saturated carbocycles. The number of carbonyl (C=O) groups excluding carboxylic acids is 1. The quantitative estimate of drug-likeness (QED) is 0.759. The Morgan fingerprint density at radius 3 is 1.61 bits per heavy atom. The summed E-state index contributed by atoms with van der Waals surface area (Å²) in [6.07, 6.45) is 7.84. The van der Waals surface area contributed by atoms with Crippen molar-refractivity contribution >= 4 is 5.97 Å². The number of hydrogen-bond donors (Lipinski definition) is 1. The van der Waals surface area contributed by atoms with E-state index in [0.717, 1.165) is 0 Å². The van der Waals surface area contributed by atoms with Gasteiger partial charge in [0, 0.05) is 13.5 Å². The van der Waals surface area contributed by atoms with Crippen molar-refractivity contribution in [3.8, 4) is 0 Å². The summed E-state index contributed by atoms with van der Waals surface area (Å²) in [7, 11) is 1.35. The lowest BCUT2D eigenvalue weighted by atomic mass is 10.1. The number of hydrogen-bond acceptors (Lipinski definition) is 3. The van der Waals surface area contributed by atoms with Gasteiger partial charge in [0.1, 0.15) is 0 Å². The van der Waals surface area contributed by atoms with Gasteiger partial charge in [-0.2, -0.15) is 0 Å². The second-order valence-corrected chi connectivity index (χ2v) is 4.03. The first-order valence-corrected chi connectivity index (χ1v) is 7.27. The summed E-state index contributed by atoms with van der Waals surface area (Å²) in [4.78, 5) is 9.59. The summed E-state index contributed by atoms with van der Waals surface area (Å²) in [6.45, 7) is 10.1. The van der Waals surface area contributed by atoms with Crippen LogP contribution in [0.1, 0.15) is 73.1 Å². The van der Waals surface area contributed by atoms with Crippen LogP contribution >= 0.6 is 0 Å². The van der Waals surface area contributed by atoms with Gasteiger partial charge in [0.25, 0.3) is 0 Å². The van der Waals surface area contributed by atoms with Crippen LogP contribution in [-0.2, 0) is 9.53 Å². The molecular formula is C15H34O3. The zero-order valence-corrected chi connectivity index (χ0v) is 13.3. The molecule has 1 rings (SSSR count). The molecule has 0 atom stereocenters. The highest BCUT2D eigenvalue weighted by atomic mass is 16.5. The molecule has 0 aromatic heterocycles. The average Bonchev–Trinajstić information content (AvgIpc) is 2.95. The van der Waals surface area contributed by atoms with Crippen LogP contribution in [0.4, 0.5) is 0 Å². The van der Waals surface area contributed by atoms with Crippen LogP contribution in [0.2, 0.25) is 0 Å². The smallest absolute Gasteiger partial charge is 0.302 e. The van der Waals surface area contributed by atoms with Crippen molar-refractivity contribution in [2.75, 3.05) is 13.7 Å². The van der Waals surface area contributed by atoms with E-state index in [1.54, 1.807) is 0 Å². The minimum Gasteiger partial charge on any atom is -0.469 e. The second kappa shape index (κ2) is 21.7. The van der Waals surface area contributed by atoms with Crippen LogP contribution in [0.15, 0.2) is 0 Å². The molecule has 3 nitrogen and oxygen atoms in total. The van der Waals surface area contributed by atoms with Gasteiger partial charge in [-0.15, -0.1) is 0 Å². The molecule has 1 N–H and O–H groups in total. The largest absolute Gasteiger partial charge is 0.469 e. The molecule has 0 aliphatic heterocycles. The summed E-state index contributed by atoms with van der Waals surface area (Å²) in [5.74, 6) is 0.407. The first-order chi connectivity index (χ1) is 8.62. The molecule has 1 aliphatic rings. The van der Waals surface area contributed by atoms with E-state index in [9.17, 15) is 4.79 Å². The fourth-order valence-electron chi connectivity index (χ4n) is 1.19. The Kier molecular flexibility index (Phi) is 27.2. The summed E-state index contributed by atoms with van der Waals surface area (Å²) >= 11 is 0. The molecule has 1 fully saturated rings. The normalized spacial score (nSPS) is 13.1. The molecule has 0 amide bonds. The number of aliphatic hydroxyl groups is 1. The summed E-state index contributed by atoms with van der Waals surface area (Å²) in [6, 6.07) is 0. The minimum atomic E-state index is -0.245. The van der Waals surface area contributed by atoms with E-state index >= 15 is 0 Å². The summed E-state index contributed by atoms with van der Waals surface area (Å²) in [5, 5.41) is 8.57. The molecule has 0 spiro atoms. The summed E-state index contributed by atoms with van der Waals surface area (Å²) < 4.78 is 4.11. The van der Waals surface area contributed by atoms with Crippen molar-refractivity contribution in [3.63, 3.8) is 0 Å². The Morgan fingerprint density at radius 1 is 1.17 bits per heavy atom. The lowest BCUT2D eigenvalue weighted by Gasteiger charge is -1.98. The lowest BCUT2D eigenvalue weighted by molar-refractivity contribution is -0.137. The van der Waals surface area contributed by atoms with Gasteiger partial charge < -0.3 is 9.84 Å². The van der Waals surface area contributed by atoms with Crippen molar-refractivity contribution in [3.05, 3.63) is 0 Å². The first-order valence-electron chi connectivity index (χ1n) is 7.27. The maximum atomic E-state index is 9.59. The minimum absolute atomic E-state index is 0.245. The van der Waals surface area contributed by atoms with Gasteiger partial charge in [-0.25, -0.2) is 0 Å². The van der Waals surface area contributed by atoms with Crippen molar-refractivity contribution in [1.82, 2.24) is 0 Å². The highest BCUT2D eigenvalue weighted by Gasteiger charge is 2.12. The zero-order valence-electron chi connectivity index (χ0n) is 13.3. The van der Waals surface area contributed by atoms with Crippen molar-refractivity contribution in [1.29, 1.82) is 0 Å². The van der Waals surface area contributed by atoms with E-state index in [4.69, 9.17) is 5.11 Å². The molecule has 1 aliphatic carbocycles. The highest BCUT2D eigenvalue weighted by molar-refractivity contribution is 5.65.